The van der Waals surface area contributed by atoms with Gasteiger partial charge >= 0.3 is 0 Å². The lowest BCUT2D eigenvalue weighted by Crippen LogP contribution is -2.37. The van der Waals surface area contributed by atoms with Crippen LogP contribution in [0.4, 0.5) is 5.69 Å². The number of aryl methyl sites for hydroxylation is 1. The maximum absolute atomic E-state index is 12.5. The zero-order chi connectivity index (χ0) is 13.4. The van der Waals surface area contributed by atoms with E-state index in [1.54, 1.807) is 0 Å². The monoisotopic (exact) mass is 292 g/mol. The van der Waals surface area contributed by atoms with Gasteiger partial charge in [0.2, 0.25) is 0 Å². The zero-order valence-electron chi connectivity index (χ0n) is 10.8. The fourth-order valence-corrected chi connectivity index (χ4v) is 4.38. The lowest BCUT2D eigenvalue weighted by Gasteiger charge is -2.26. The number of benzene rings is 1. The van der Waals surface area contributed by atoms with Crippen molar-refractivity contribution >= 4 is 44.8 Å². The average Bonchev–Trinajstić information content (AvgIpc) is 2.75. The Balaban J connectivity index is 2.00. The molecule has 1 aromatic carbocycles. The van der Waals surface area contributed by atoms with Crippen molar-refractivity contribution in [3.8, 4) is 0 Å². The average molecular weight is 292 g/mol. The molecule has 1 saturated heterocycles. The molecule has 0 spiro atoms. The van der Waals surface area contributed by atoms with Crippen molar-refractivity contribution in [1.29, 1.82) is 0 Å². The van der Waals surface area contributed by atoms with Gasteiger partial charge in [-0.05, 0) is 18.6 Å². The van der Waals surface area contributed by atoms with Crippen molar-refractivity contribution in [2.75, 3.05) is 30.3 Å². The number of fused-ring (bicyclic) bond motifs is 1. The highest BCUT2D eigenvalue weighted by molar-refractivity contribution is 7.99. The van der Waals surface area contributed by atoms with Crippen LogP contribution in [0.5, 0.6) is 0 Å². The van der Waals surface area contributed by atoms with Gasteiger partial charge in [-0.25, -0.2) is 0 Å². The second-order valence-corrected chi connectivity index (χ2v) is 7.03. The molecule has 0 unspecified atom stereocenters. The van der Waals surface area contributed by atoms with Gasteiger partial charge in [0, 0.05) is 34.7 Å². The highest BCUT2D eigenvalue weighted by Crippen LogP contribution is 2.35. The predicted molar refractivity (Wildman–Crippen MR) is 84.2 cm³/mol. The third-order valence-corrected chi connectivity index (χ3v) is 5.48. The van der Waals surface area contributed by atoms with Gasteiger partial charge in [0.25, 0.3) is 5.91 Å². The number of anilines is 1. The molecule has 0 atom stereocenters. The highest BCUT2D eigenvalue weighted by atomic mass is 32.2. The molecule has 1 fully saturated rings. The van der Waals surface area contributed by atoms with E-state index in [0.717, 1.165) is 34.7 Å². The van der Waals surface area contributed by atoms with Crippen molar-refractivity contribution in [2.45, 2.75) is 6.92 Å². The number of hydrogen-bond acceptors (Lipinski definition) is 4. The molecule has 100 valence electrons. The standard InChI is InChI=1S/C14H16N2OS2/c1-9-2-3-10-11(8-9)19-13(12(10)15)14(17)16-4-6-18-7-5-16/h2-3,8H,4-7,15H2,1H3. The summed E-state index contributed by atoms with van der Waals surface area (Å²) in [6.45, 7) is 3.71. The Morgan fingerprint density at radius 2 is 2.05 bits per heavy atom. The van der Waals surface area contributed by atoms with E-state index in [4.69, 9.17) is 5.73 Å². The van der Waals surface area contributed by atoms with Crippen molar-refractivity contribution in [3.63, 3.8) is 0 Å². The van der Waals surface area contributed by atoms with Gasteiger partial charge in [-0.1, -0.05) is 12.1 Å². The first kappa shape index (κ1) is 12.8. The van der Waals surface area contributed by atoms with Gasteiger partial charge in [-0.2, -0.15) is 11.8 Å². The number of thiophene rings is 1. The van der Waals surface area contributed by atoms with Crippen LogP contribution in [0.3, 0.4) is 0 Å². The number of carbonyl (C=O) groups is 1. The van der Waals surface area contributed by atoms with E-state index in [1.807, 2.05) is 28.8 Å². The number of rotatable bonds is 1. The summed E-state index contributed by atoms with van der Waals surface area (Å²) in [4.78, 5) is 15.1. The van der Waals surface area contributed by atoms with E-state index in [-0.39, 0.29) is 5.91 Å². The molecule has 2 heterocycles. The Labute approximate surface area is 120 Å². The molecule has 0 bridgehead atoms. The van der Waals surface area contributed by atoms with Gasteiger partial charge in [0.1, 0.15) is 4.88 Å². The third-order valence-electron chi connectivity index (χ3n) is 3.38. The Kier molecular flexibility index (Phi) is 3.41. The first-order valence-electron chi connectivity index (χ1n) is 6.32. The maximum atomic E-state index is 12.5. The molecule has 0 saturated carbocycles. The predicted octanol–water partition coefficient (Wildman–Crippen LogP) is 2.98. The summed E-state index contributed by atoms with van der Waals surface area (Å²) in [5.74, 6) is 2.14. The van der Waals surface area contributed by atoms with Crippen molar-refractivity contribution in [2.24, 2.45) is 0 Å². The van der Waals surface area contributed by atoms with Gasteiger partial charge < -0.3 is 10.6 Å². The van der Waals surface area contributed by atoms with Crippen LogP contribution < -0.4 is 5.73 Å². The lowest BCUT2D eigenvalue weighted by atomic mass is 10.1. The molecule has 3 nitrogen and oxygen atoms in total. The fraction of sp³-hybridized carbons (Fsp3) is 0.357. The number of nitrogen functional groups attached to an aromatic ring is 1. The van der Waals surface area contributed by atoms with Gasteiger partial charge in [-0.15, -0.1) is 11.3 Å². The first-order chi connectivity index (χ1) is 9.16. The second-order valence-electron chi connectivity index (χ2n) is 4.75. The lowest BCUT2D eigenvalue weighted by molar-refractivity contribution is 0.0778. The molecule has 2 aromatic rings. The van der Waals surface area contributed by atoms with E-state index in [9.17, 15) is 4.79 Å². The molecular formula is C14H16N2OS2. The van der Waals surface area contributed by atoms with Crippen LogP contribution in [0, 0.1) is 6.92 Å². The maximum Gasteiger partial charge on any atom is 0.266 e. The SMILES string of the molecule is Cc1ccc2c(N)c(C(=O)N3CCSCC3)sc2c1. The Morgan fingerprint density at radius 3 is 2.79 bits per heavy atom. The highest BCUT2D eigenvalue weighted by Gasteiger charge is 2.23. The summed E-state index contributed by atoms with van der Waals surface area (Å²) in [5.41, 5.74) is 7.99. The minimum absolute atomic E-state index is 0.0941. The van der Waals surface area contributed by atoms with Gasteiger partial charge in [-0.3, -0.25) is 4.79 Å². The van der Waals surface area contributed by atoms with Crippen LogP contribution in [-0.4, -0.2) is 35.4 Å². The molecule has 0 aliphatic carbocycles. The molecular weight excluding hydrogens is 276 g/mol. The molecule has 1 amide bonds. The van der Waals surface area contributed by atoms with E-state index in [1.165, 1.54) is 16.9 Å². The molecule has 1 aliphatic heterocycles. The quantitative estimate of drug-likeness (QED) is 0.879. The largest absolute Gasteiger partial charge is 0.397 e. The number of nitrogens with zero attached hydrogens (tertiary/aromatic N) is 1. The normalized spacial score (nSPS) is 15.9. The number of amides is 1. The van der Waals surface area contributed by atoms with Gasteiger partial charge in [0.05, 0.1) is 5.69 Å². The summed E-state index contributed by atoms with van der Waals surface area (Å²) in [6, 6.07) is 6.15. The summed E-state index contributed by atoms with van der Waals surface area (Å²) in [7, 11) is 0. The molecule has 2 N–H and O–H groups in total. The summed E-state index contributed by atoms with van der Waals surface area (Å²) in [5, 5.41) is 1.00. The van der Waals surface area contributed by atoms with E-state index < -0.39 is 0 Å². The second kappa shape index (κ2) is 5.06. The fourth-order valence-electron chi connectivity index (χ4n) is 2.29. The number of nitrogens with two attached hydrogens (primary N) is 1. The summed E-state index contributed by atoms with van der Waals surface area (Å²) < 4.78 is 1.10. The van der Waals surface area contributed by atoms with E-state index in [2.05, 4.69) is 13.0 Å². The van der Waals surface area contributed by atoms with Crippen LogP contribution in [0.25, 0.3) is 10.1 Å². The Hall–Kier alpha value is -1.20. The molecule has 5 heteroatoms. The summed E-state index contributed by atoms with van der Waals surface area (Å²) >= 11 is 3.42. The van der Waals surface area contributed by atoms with Crippen LogP contribution in [0.15, 0.2) is 18.2 Å². The smallest absolute Gasteiger partial charge is 0.266 e. The number of hydrogen-bond donors (Lipinski definition) is 1. The van der Waals surface area contributed by atoms with Crippen LogP contribution in [0.2, 0.25) is 0 Å². The number of thioether (sulfide) groups is 1. The van der Waals surface area contributed by atoms with E-state index >= 15 is 0 Å². The Morgan fingerprint density at radius 1 is 1.32 bits per heavy atom. The molecule has 0 radical (unpaired) electrons. The van der Waals surface area contributed by atoms with Crippen molar-refractivity contribution < 1.29 is 4.79 Å². The van der Waals surface area contributed by atoms with Crippen molar-refractivity contribution in [3.05, 3.63) is 28.6 Å². The number of carbonyl (C=O) groups excluding carboxylic acids is 1. The summed E-state index contributed by atoms with van der Waals surface area (Å²) in [6.07, 6.45) is 0. The van der Waals surface area contributed by atoms with Crippen LogP contribution in [-0.2, 0) is 0 Å². The molecule has 3 rings (SSSR count). The molecule has 1 aliphatic rings. The Bertz CT molecular complexity index is 630. The zero-order valence-corrected chi connectivity index (χ0v) is 12.4. The minimum atomic E-state index is 0.0941. The third kappa shape index (κ3) is 2.32. The first-order valence-corrected chi connectivity index (χ1v) is 8.29. The van der Waals surface area contributed by atoms with Crippen molar-refractivity contribution in [1.82, 2.24) is 4.90 Å². The van der Waals surface area contributed by atoms with E-state index in [0.29, 0.717) is 10.6 Å². The van der Waals surface area contributed by atoms with Crippen LogP contribution >= 0.6 is 23.1 Å². The minimum Gasteiger partial charge on any atom is -0.397 e. The molecule has 1 aromatic heterocycles. The topological polar surface area (TPSA) is 46.3 Å². The van der Waals surface area contributed by atoms with Crippen LogP contribution in [0.1, 0.15) is 15.2 Å². The van der Waals surface area contributed by atoms with Gasteiger partial charge in [0.15, 0.2) is 0 Å². The molecule has 19 heavy (non-hydrogen) atoms.